The number of nitrogens with zero attached hydrogens (tertiary/aromatic N) is 8. The number of methoxy groups -OCH3 is 3. The number of carbonyl (C=O) groups excluding carboxylic acids is 4. The van der Waals surface area contributed by atoms with Crippen LogP contribution in [0.15, 0.2) is 53.1 Å². The van der Waals surface area contributed by atoms with Crippen LogP contribution in [-0.4, -0.2) is 152 Å². The number of aromatic nitrogens is 4. The van der Waals surface area contributed by atoms with Crippen molar-refractivity contribution in [2.24, 2.45) is 0 Å². The zero-order valence-electron chi connectivity index (χ0n) is 51.3. The van der Waals surface area contributed by atoms with Crippen LogP contribution in [0.25, 0.3) is 0 Å². The van der Waals surface area contributed by atoms with Crippen LogP contribution >= 0.6 is 0 Å². The Bertz CT molecular complexity index is 3130. The van der Waals surface area contributed by atoms with Crippen molar-refractivity contribution in [2.75, 3.05) is 99.9 Å². The molecule has 4 amide bonds. The summed E-state index contributed by atoms with van der Waals surface area (Å²) < 4.78 is 28.7. The molecule has 1 atom stereocenters. The SMILES string of the molecule is CC[C@@H]1C(=O)N(C)c2cnc(Nc3ccc(C(=O)NC4CCC(N5CCN(CCCCCC(=O)NCCCCNc6nc(OC)c(NC(=O)c7ccc(Oc8cc9c(cc8C)CCC9(C)C)o7)c(OC)n6)CC5)CC4)cc3OC)nc2N1C(C)C. The van der Waals surface area contributed by atoms with Crippen LogP contribution in [0.3, 0.4) is 0 Å². The number of aryl methyl sites for hydroxylation is 2. The topological polar surface area (TPSA) is 243 Å². The predicted molar refractivity (Wildman–Crippen MR) is 329 cm³/mol. The van der Waals surface area contributed by atoms with Gasteiger partial charge < -0.3 is 64.6 Å². The summed E-state index contributed by atoms with van der Waals surface area (Å²) in [5, 5.41) is 15.6. The first-order valence-corrected chi connectivity index (χ1v) is 30.4. The number of hydrogen-bond acceptors (Lipinski definition) is 18. The van der Waals surface area contributed by atoms with E-state index in [9.17, 15) is 19.2 Å². The summed E-state index contributed by atoms with van der Waals surface area (Å²) in [4.78, 5) is 79.8. The Morgan fingerprint density at radius 1 is 0.824 bits per heavy atom. The van der Waals surface area contributed by atoms with Gasteiger partial charge in [-0.25, -0.2) is 4.98 Å². The molecule has 22 heteroatoms. The number of carbonyl (C=O) groups is 4. The molecule has 4 aliphatic rings. The Hall–Kier alpha value is -7.72. The Kier molecular flexibility index (Phi) is 20.4. The second-order valence-electron chi connectivity index (χ2n) is 23.7. The minimum absolute atomic E-state index is 0.0253. The molecular weight excluding hydrogens is 1080 g/mol. The molecule has 2 fully saturated rings. The predicted octanol–water partition coefficient (Wildman–Crippen LogP) is 9.40. The highest BCUT2D eigenvalue weighted by Gasteiger charge is 2.39. The fourth-order valence-electron chi connectivity index (χ4n) is 12.2. The average Bonchev–Trinajstić information content (AvgIpc) is 3.21. The molecule has 2 aliphatic carbocycles. The van der Waals surface area contributed by atoms with Crippen molar-refractivity contribution in [3.63, 3.8) is 0 Å². The van der Waals surface area contributed by atoms with Gasteiger partial charge in [-0.2, -0.15) is 15.0 Å². The first kappa shape index (κ1) is 61.8. The molecule has 9 rings (SSSR count). The van der Waals surface area contributed by atoms with E-state index in [0.717, 1.165) is 109 Å². The molecule has 1 saturated carbocycles. The second-order valence-corrected chi connectivity index (χ2v) is 23.7. The molecular formula is C63H87N13O9. The smallest absolute Gasteiger partial charge is 0.291 e. The number of nitrogens with one attached hydrogen (secondary N) is 5. The van der Waals surface area contributed by atoms with Crippen LogP contribution < -0.4 is 55.3 Å². The van der Waals surface area contributed by atoms with Crippen LogP contribution in [0.4, 0.5) is 34.8 Å². The van der Waals surface area contributed by atoms with E-state index < -0.39 is 5.91 Å². The number of ether oxygens (including phenoxy) is 4. The maximum atomic E-state index is 13.5. The van der Waals surface area contributed by atoms with Gasteiger partial charge in [0.2, 0.25) is 35.5 Å². The lowest BCUT2D eigenvalue weighted by molar-refractivity contribution is -0.121. The molecule has 85 heavy (non-hydrogen) atoms. The highest BCUT2D eigenvalue weighted by atomic mass is 16.6. The van der Waals surface area contributed by atoms with E-state index in [2.05, 4.69) is 96.1 Å². The lowest BCUT2D eigenvalue weighted by Crippen LogP contribution is -2.54. The average molecular weight is 1170 g/mol. The van der Waals surface area contributed by atoms with Gasteiger partial charge in [0, 0.05) is 82.5 Å². The molecule has 0 bridgehead atoms. The van der Waals surface area contributed by atoms with Crippen LogP contribution in [0.1, 0.15) is 149 Å². The van der Waals surface area contributed by atoms with Gasteiger partial charge in [0.15, 0.2) is 17.3 Å². The van der Waals surface area contributed by atoms with E-state index in [1.165, 1.54) is 25.3 Å². The number of hydrogen-bond donors (Lipinski definition) is 5. The maximum Gasteiger partial charge on any atom is 0.291 e. The van der Waals surface area contributed by atoms with Crippen molar-refractivity contribution in [1.29, 1.82) is 0 Å². The molecule has 5 heterocycles. The van der Waals surface area contributed by atoms with Crippen molar-refractivity contribution in [3.8, 4) is 29.2 Å². The lowest BCUT2D eigenvalue weighted by Gasteiger charge is -2.42. The molecule has 1 saturated heterocycles. The number of anilines is 6. The van der Waals surface area contributed by atoms with Crippen molar-refractivity contribution in [2.45, 2.75) is 155 Å². The van der Waals surface area contributed by atoms with Crippen molar-refractivity contribution in [1.82, 2.24) is 40.4 Å². The third-order valence-electron chi connectivity index (χ3n) is 17.1. The number of amides is 4. The molecule has 5 N–H and O–H groups in total. The number of unbranched alkanes of at least 4 members (excludes halogenated alkanes) is 3. The van der Waals surface area contributed by atoms with Gasteiger partial charge in [-0.05, 0) is 150 Å². The fourth-order valence-corrected chi connectivity index (χ4v) is 12.2. The van der Waals surface area contributed by atoms with Gasteiger partial charge in [-0.15, -0.1) is 0 Å². The van der Waals surface area contributed by atoms with Crippen LogP contribution in [0, 0.1) is 6.92 Å². The number of piperazine rings is 1. The maximum absolute atomic E-state index is 13.5. The second kappa shape index (κ2) is 28.0. The lowest BCUT2D eigenvalue weighted by atomic mass is 9.86. The highest BCUT2D eigenvalue weighted by Crippen LogP contribution is 2.43. The Labute approximate surface area is 499 Å². The quantitative estimate of drug-likeness (QED) is 0.0324. The third-order valence-corrected chi connectivity index (χ3v) is 17.1. The van der Waals surface area contributed by atoms with Crippen molar-refractivity contribution >= 4 is 58.4 Å². The molecule has 22 nitrogen and oxygen atoms in total. The molecule has 0 radical (unpaired) electrons. The van der Waals surface area contributed by atoms with E-state index in [0.29, 0.717) is 72.2 Å². The van der Waals surface area contributed by atoms with Gasteiger partial charge in [-0.3, -0.25) is 24.1 Å². The number of furan rings is 1. The molecule has 2 aliphatic heterocycles. The Morgan fingerprint density at radius 3 is 2.27 bits per heavy atom. The fraction of sp³-hybridized carbons (Fsp3) is 0.556. The molecule has 2 aromatic carbocycles. The van der Waals surface area contributed by atoms with Gasteiger partial charge in [0.05, 0.1) is 33.2 Å². The van der Waals surface area contributed by atoms with Crippen molar-refractivity contribution < 1.29 is 42.5 Å². The van der Waals surface area contributed by atoms with Crippen molar-refractivity contribution in [3.05, 3.63) is 76.7 Å². The van der Waals surface area contributed by atoms with Gasteiger partial charge >= 0.3 is 0 Å². The zero-order valence-corrected chi connectivity index (χ0v) is 51.3. The normalized spacial score (nSPS) is 18.6. The number of benzene rings is 2. The summed E-state index contributed by atoms with van der Waals surface area (Å²) in [5.74, 6) is 2.41. The summed E-state index contributed by atoms with van der Waals surface area (Å²) in [6, 6.07) is 13.1. The third kappa shape index (κ3) is 14.9. The van der Waals surface area contributed by atoms with Crippen LogP contribution in [-0.2, 0) is 21.4 Å². The number of fused-ring (bicyclic) bond motifs is 2. The van der Waals surface area contributed by atoms with E-state index >= 15 is 0 Å². The van der Waals surface area contributed by atoms with E-state index in [4.69, 9.17) is 28.3 Å². The van der Waals surface area contributed by atoms with Gasteiger partial charge in [-0.1, -0.05) is 33.3 Å². The minimum atomic E-state index is -0.552. The van der Waals surface area contributed by atoms with Gasteiger partial charge in [0.1, 0.15) is 23.2 Å². The monoisotopic (exact) mass is 1170 g/mol. The zero-order chi connectivity index (χ0) is 60.4. The van der Waals surface area contributed by atoms with Crippen LogP contribution in [0.2, 0.25) is 0 Å². The molecule has 5 aromatic rings. The summed E-state index contributed by atoms with van der Waals surface area (Å²) in [5.41, 5.74) is 5.65. The van der Waals surface area contributed by atoms with E-state index in [1.807, 2.05) is 19.9 Å². The summed E-state index contributed by atoms with van der Waals surface area (Å²) in [7, 11) is 6.24. The highest BCUT2D eigenvalue weighted by molar-refractivity contribution is 6.05. The Morgan fingerprint density at radius 2 is 1.56 bits per heavy atom. The standard InChI is InChI=1S/C63H87N13O9/c1-11-47-60(80)73(7)48-38-66-62(70-55(48)76(47)39(2)3)68-46-23-18-42(36-51(46)81-8)56(78)67-43-19-21-44(22-20-43)75-33-31-74(32-34-75)30-16-12-13-17-52(77)64-28-14-15-29-65-61-71-58(82-9)54(59(72-61)83-10)69-57(79)49-24-25-53(84-49)85-50-37-45-41(35-40(50)4)26-27-63(45,5)6/h18,23-25,35-39,43-44,47H,11-17,19-22,26-34H2,1-10H3,(H,64,77)(H,67,78)(H,69,79)(H,65,71,72)(H,66,68,70)/t43?,44?,47-/m1/s1. The van der Waals surface area contributed by atoms with E-state index in [-0.39, 0.29) is 76.4 Å². The van der Waals surface area contributed by atoms with E-state index in [1.54, 1.807) is 49.5 Å². The first-order chi connectivity index (χ1) is 41.0. The summed E-state index contributed by atoms with van der Waals surface area (Å²) >= 11 is 0. The Balaban J connectivity index is 0.615. The van der Waals surface area contributed by atoms with Crippen LogP contribution in [0.5, 0.6) is 29.2 Å². The number of rotatable bonds is 26. The molecule has 0 spiro atoms. The molecule has 3 aromatic heterocycles. The largest absolute Gasteiger partial charge is 0.495 e. The first-order valence-electron chi connectivity index (χ1n) is 30.4. The summed E-state index contributed by atoms with van der Waals surface area (Å²) in [6.07, 6.45) is 13.4. The molecule has 458 valence electrons. The van der Waals surface area contributed by atoms with Gasteiger partial charge in [0.25, 0.3) is 17.8 Å². The minimum Gasteiger partial charge on any atom is -0.495 e. The molecule has 0 unspecified atom stereocenters. The number of likely N-dealkylation sites (N-methyl/N-ethyl adjacent to an activating group) is 1. The summed E-state index contributed by atoms with van der Waals surface area (Å²) in [6.45, 7) is 18.9.